The summed E-state index contributed by atoms with van der Waals surface area (Å²) in [6, 6.07) is 19.9. The Bertz CT molecular complexity index is 1810. The molecule has 4 heterocycles. The molecule has 0 saturated carbocycles. The number of carbonyl (C=O) groups excluding carboxylic acids is 3. The first kappa shape index (κ1) is 33.1. The van der Waals surface area contributed by atoms with E-state index in [-0.39, 0.29) is 19.0 Å². The van der Waals surface area contributed by atoms with Crippen molar-refractivity contribution in [2.24, 2.45) is 11.8 Å². The Morgan fingerprint density at radius 1 is 0.878 bits per heavy atom. The number of benzene rings is 3. The van der Waals surface area contributed by atoms with Crippen LogP contribution in [0.2, 0.25) is 5.02 Å². The number of anilines is 2. The number of hydrogen-bond acceptors (Lipinski definition) is 6. The Morgan fingerprint density at radius 2 is 1.59 bits per heavy atom. The molecule has 1 N–H and O–H groups in total. The molecule has 4 aliphatic rings. The molecule has 6 atom stereocenters. The van der Waals surface area contributed by atoms with Crippen molar-refractivity contribution >= 4 is 40.7 Å². The number of likely N-dealkylation sites (tertiary alicyclic amines) is 1. The van der Waals surface area contributed by atoms with Crippen LogP contribution in [-0.2, 0) is 19.1 Å². The second-order valence-electron chi connectivity index (χ2n) is 13.0. The fraction of sp³-hybridized carbons (Fsp3) is 0.359. The maximum atomic E-state index is 15.2. The van der Waals surface area contributed by atoms with Gasteiger partial charge >= 0.3 is 0 Å². The molecular formula is C39H40ClN3O6. The van der Waals surface area contributed by atoms with Crippen LogP contribution in [0.3, 0.4) is 0 Å². The van der Waals surface area contributed by atoms with Crippen LogP contribution in [0.1, 0.15) is 37.4 Å². The van der Waals surface area contributed by atoms with E-state index in [1.54, 1.807) is 15.9 Å². The Kier molecular flexibility index (Phi) is 8.63. The molecule has 7 rings (SSSR count). The number of carbonyl (C=O) groups is 3. The van der Waals surface area contributed by atoms with E-state index >= 15 is 9.59 Å². The van der Waals surface area contributed by atoms with Gasteiger partial charge in [-0.15, -0.1) is 0 Å². The molecule has 1 spiro atoms. The molecule has 254 valence electrons. The van der Waals surface area contributed by atoms with E-state index in [0.29, 0.717) is 40.7 Å². The van der Waals surface area contributed by atoms with E-state index < -0.39 is 53.5 Å². The standard InChI is InChI=1S/C39H40ClN3O6/c1-4-38-20-10-22-41(27-16-18-28(19-17-27)48-5-2)35(45)31(38)32-36(46)43(30(24-44)26-13-7-6-8-14-26)34-37(47)42(23-11-21-39(32,34)49-38)33-25(3)12-9-15-29(33)40/h6-21,30-32,34,44H,4-5,22-24H2,1-3H3/t30-,31+,32+,34?,38-,39+/m1/s1. The van der Waals surface area contributed by atoms with E-state index in [2.05, 4.69) is 0 Å². The van der Waals surface area contributed by atoms with E-state index in [1.807, 2.05) is 112 Å². The molecule has 2 saturated heterocycles. The average molecular weight is 682 g/mol. The SMILES string of the molecule is CCOc1ccc(N2CC=C[C@@]3(CC)O[C@]45C=CCN(c6c(C)cccc6Cl)C(=O)C4N([C@H](CO)c4ccccc4)C(=O)[C@@H]5[C@H]3C2=O)cc1. The largest absolute Gasteiger partial charge is 0.494 e. The first-order valence-electron chi connectivity index (χ1n) is 16.9. The van der Waals surface area contributed by atoms with Crippen LogP contribution in [-0.4, -0.2) is 71.3 Å². The monoisotopic (exact) mass is 681 g/mol. The zero-order chi connectivity index (χ0) is 34.5. The van der Waals surface area contributed by atoms with Gasteiger partial charge in [0.1, 0.15) is 17.4 Å². The van der Waals surface area contributed by atoms with Gasteiger partial charge in [0.25, 0.3) is 5.91 Å². The van der Waals surface area contributed by atoms with Crippen LogP contribution in [0.4, 0.5) is 11.4 Å². The lowest BCUT2D eigenvalue weighted by molar-refractivity contribution is -0.149. The number of amides is 3. The number of aliphatic hydroxyl groups is 1. The fourth-order valence-electron chi connectivity index (χ4n) is 8.35. The Labute approximate surface area is 291 Å². The van der Waals surface area contributed by atoms with Crippen LogP contribution in [0.5, 0.6) is 5.75 Å². The third kappa shape index (κ3) is 5.09. The number of hydrogen-bond donors (Lipinski definition) is 1. The lowest BCUT2D eigenvalue weighted by Crippen LogP contribution is -2.57. The van der Waals surface area contributed by atoms with Crippen LogP contribution >= 0.6 is 11.6 Å². The zero-order valence-electron chi connectivity index (χ0n) is 27.8. The van der Waals surface area contributed by atoms with Gasteiger partial charge in [0, 0.05) is 18.8 Å². The highest BCUT2D eigenvalue weighted by atomic mass is 35.5. The normalized spacial score (nSPS) is 28.2. The molecule has 3 aromatic rings. The first-order valence-corrected chi connectivity index (χ1v) is 17.2. The predicted octanol–water partition coefficient (Wildman–Crippen LogP) is 5.65. The van der Waals surface area contributed by atoms with Crippen molar-refractivity contribution in [2.75, 3.05) is 36.1 Å². The summed E-state index contributed by atoms with van der Waals surface area (Å²) in [5, 5.41) is 11.3. The quantitative estimate of drug-likeness (QED) is 0.309. The molecule has 9 nitrogen and oxygen atoms in total. The molecule has 3 aromatic carbocycles. The van der Waals surface area contributed by atoms with Crippen molar-refractivity contribution in [3.8, 4) is 5.75 Å². The highest BCUT2D eigenvalue weighted by Crippen LogP contribution is 2.60. The molecule has 0 aromatic heterocycles. The highest BCUT2D eigenvalue weighted by molar-refractivity contribution is 6.34. The van der Waals surface area contributed by atoms with Crippen LogP contribution in [0.25, 0.3) is 0 Å². The van der Waals surface area contributed by atoms with Crippen LogP contribution in [0, 0.1) is 18.8 Å². The van der Waals surface area contributed by atoms with Gasteiger partial charge in [-0.1, -0.05) is 85.3 Å². The van der Waals surface area contributed by atoms with Crippen LogP contribution < -0.4 is 14.5 Å². The van der Waals surface area contributed by atoms with Crippen LogP contribution in [0.15, 0.2) is 97.1 Å². The second kappa shape index (κ2) is 12.8. The van der Waals surface area contributed by atoms with Gasteiger partial charge in [-0.2, -0.15) is 0 Å². The topological polar surface area (TPSA) is 99.6 Å². The lowest BCUT2D eigenvalue weighted by atomic mass is 9.73. The summed E-state index contributed by atoms with van der Waals surface area (Å²) < 4.78 is 12.8. The maximum Gasteiger partial charge on any atom is 0.253 e. The summed E-state index contributed by atoms with van der Waals surface area (Å²) in [6.07, 6.45) is 7.87. The molecule has 2 fully saturated rings. The number of ether oxygens (including phenoxy) is 2. The minimum absolute atomic E-state index is 0.181. The van der Waals surface area contributed by atoms with E-state index in [1.165, 1.54) is 4.90 Å². The maximum absolute atomic E-state index is 15.2. The second-order valence-corrected chi connectivity index (χ2v) is 13.4. The van der Waals surface area contributed by atoms with E-state index in [4.69, 9.17) is 21.1 Å². The third-order valence-electron chi connectivity index (χ3n) is 10.5. The molecule has 49 heavy (non-hydrogen) atoms. The van der Waals surface area contributed by atoms with Gasteiger partial charge in [0.15, 0.2) is 0 Å². The Balaban J connectivity index is 1.40. The smallest absolute Gasteiger partial charge is 0.253 e. The van der Waals surface area contributed by atoms with Crippen molar-refractivity contribution in [1.82, 2.24) is 4.90 Å². The van der Waals surface area contributed by atoms with Gasteiger partial charge < -0.3 is 29.3 Å². The van der Waals surface area contributed by atoms with Gasteiger partial charge in [0.05, 0.1) is 47.4 Å². The summed E-state index contributed by atoms with van der Waals surface area (Å²) in [6.45, 7) is 6.28. The molecule has 10 heteroatoms. The third-order valence-corrected chi connectivity index (χ3v) is 10.8. The van der Waals surface area contributed by atoms with Gasteiger partial charge in [-0.05, 0) is 61.7 Å². The molecule has 0 bridgehead atoms. The number of rotatable bonds is 8. The fourth-order valence-corrected chi connectivity index (χ4v) is 8.68. The lowest BCUT2D eigenvalue weighted by Gasteiger charge is -2.41. The predicted molar refractivity (Wildman–Crippen MR) is 188 cm³/mol. The summed E-state index contributed by atoms with van der Waals surface area (Å²) in [5.74, 6) is -2.40. The van der Waals surface area contributed by atoms with Gasteiger partial charge in [0.2, 0.25) is 11.8 Å². The van der Waals surface area contributed by atoms with E-state index in [9.17, 15) is 9.90 Å². The molecule has 0 aliphatic carbocycles. The van der Waals surface area contributed by atoms with Crippen molar-refractivity contribution in [1.29, 1.82) is 0 Å². The number of aliphatic hydroxyl groups excluding tert-OH is 1. The zero-order valence-corrected chi connectivity index (χ0v) is 28.5. The summed E-state index contributed by atoms with van der Waals surface area (Å²) in [4.78, 5) is 50.0. The number of fused-ring (bicyclic) bond motifs is 2. The Morgan fingerprint density at radius 3 is 2.27 bits per heavy atom. The number of nitrogens with zero attached hydrogens (tertiary/aromatic N) is 3. The van der Waals surface area contributed by atoms with Crippen molar-refractivity contribution in [2.45, 2.75) is 50.5 Å². The van der Waals surface area contributed by atoms with Crippen molar-refractivity contribution in [3.63, 3.8) is 0 Å². The molecule has 0 radical (unpaired) electrons. The number of aryl methyl sites for hydroxylation is 1. The van der Waals surface area contributed by atoms with Crippen molar-refractivity contribution < 1.29 is 29.0 Å². The van der Waals surface area contributed by atoms with E-state index in [0.717, 1.165) is 5.56 Å². The summed E-state index contributed by atoms with van der Waals surface area (Å²) in [5.41, 5.74) is -0.00498. The number of para-hydroxylation sites is 1. The number of halogens is 1. The molecular weight excluding hydrogens is 642 g/mol. The molecule has 4 aliphatic heterocycles. The minimum Gasteiger partial charge on any atom is -0.494 e. The Hall–Kier alpha value is -4.44. The first-order chi connectivity index (χ1) is 23.7. The molecule has 3 amide bonds. The van der Waals surface area contributed by atoms with Gasteiger partial charge in [-0.25, -0.2) is 0 Å². The van der Waals surface area contributed by atoms with Gasteiger partial charge in [-0.3, -0.25) is 14.4 Å². The van der Waals surface area contributed by atoms with Crippen molar-refractivity contribution in [3.05, 3.63) is 113 Å². The summed E-state index contributed by atoms with van der Waals surface area (Å²) in [7, 11) is 0. The average Bonchev–Trinajstić information content (AvgIpc) is 3.40. The minimum atomic E-state index is -1.51. The highest BCUT2D eigenvalue weighted by Gasteiger charge is 2.76. The summed E-state index contributed by atoms with van der Waals surface area (Å²) >= 11 is 6.73. The molecule has 1 unspecified atom stereocenters.